The molecule has 1 atom stereocenters. The van der Waals surface area contributed by atoms with Gasteiger partial charge >= 0.3 is 11.1 Å². The van der Waals surface area contributed by atoms with E-state index in [0.717, 1.165) is 18.5 Å². The van der Waals surface area contributed by atoms with Crippen LogP contribution >= 0.6 is 0 Å². The van der Waals surface area contributed by atoms with E-state index in [-0.39, 0.29) is 11.9 Å². The van der Waals surface area contributed by atoms with Crippen molar-refractivity contribution in [3.63, 3.8) is 0 Å². The van der Waals surface area contributed by atoms with E-state index in [1.807, 2.05) is 13.0 Å². The summed E-state index contributed by atoms with van der Waals surface area (Å²) in [4.78, 5) is 42.5. The number of aryl methyl sites for hydroxylation is 1. The molecule has 0 saturated carbocycles. The zero-order chi connectivity index (χ0) is 17.6. The Labute approximate surface area is 141 Å². The predicted octanol–water partition coefficient (Wildman–Crippen LogP) is 1.49. The number of nitrogens with zero attached hydrogens (tertiary/aromatic N) is 2. The van der Waals surface area contributed by atoms with Crippen LogP contribution in [-0.2, 0) is 0 Å². The second kappa shape index (κ2) is 5.73. The first-order valence-corrected chi connectivity index (χ1v) is 8.03. The molecule has 0 aliphatic carbocycles. The zero-order valence-electron chi connectivity index (χ0n) is 13.5. The van der Waals surface area contributed by atoms with Gasteiger partial charge < -0.3 is 19.4 Å². The Morgan fingerprint density at radius 1 is 1.20 bits per heavy atom. The summed E-state index contributed by atoms with van der Waals surface area (Å²) in [5.41, 5.74) is 0.659. The van der Waals surface area contributed by atoms with Gasteiger partial charge in [0.1, 0.15) is 0 Å². The summed E-state index contributed by atoms with van der Waals surface area (Å²) in [6.45, 7) is 2.47. The number of H-pyrrole nitrogens is 2. The molecule has 1 aliphatic rings. The number of likely N-dealkylation sites (tertiary alicyclic amines) is 1. The van der Waals surface area contributed by atoms with Gasteiger partial charge in [-0.2, -0.15) is 0 Å². The Balaban J connectivity index is 1.70. The molecule has 8 heteroatoms. The van der Waals surface area contributed by atoms with E-state index in [9.17, 15) is 14.4 Å². The second-order valence-electron chi connectivity index (χ2n) is 6.20. The standard InChI is InChI=1S/C17H16N4O4/c1-9-7-14(25-20-9)13-3-2-6-21(13)17(24)10-4-5-11-12(8-10)19-16(23)15(22)18-11/h4-5,7-8,13H,2-3,6H2,1H3,(H,18,22)(H,19,23)/t13-/m0/s1. The number of carbonyl (C=O) groups is 1. The van der Waals surface area contributed by atoms with Crippen molar-refractivity contribution in [2.24, 2.45) is 0 Å². The van der Waals surface area contributed by atoms with Crippen molar-refractivity contribution in [3.8, 4) is 0 Å². The van der Waals surface area contributed by atoms with Gasteiger partial charge in [0.2, 0.25) is 0 Å². The Morgan fingerprint density at radius 2 is 1.96 bits per heavy atom. The Kier molecular flexibility index (Phi) is 3.52. The Morgan fingerprint density at radius 3 is 2.68 bits per heavy atom. The highest BCUT2D eigenvalue weighted by atomic mass is 16.5. The summed E-state index contributed by atoms with van der Waals surface area (Å²) in [6, 6.07) is 6.54. The third-order valence-electron chi connectivity index (χ3n) is 4.46. The van der Waals surface area contributed by atoms with Crippen LogP contribution in [0.3, 0.4) is 0 Å². The van der Waals surface area contributed by atoms with E-state index in [2.05, 4.69) is 15.1 Å². The van der Waals surface area contributed by atoms with Crippen molar-refractivity contribution in [2.45, 2.75) is 25.8 Å². The van der Waals surface area contributed by atoms with Crippen LogP contribution in [0.25, 0.3) is 11.0 Å². The summed E-state index contributed by atoms with van der Waals surface area (Å²) in [5, 5.41) is 3.90. The fourth-order valence-corrected chi connectivity index (χ4v) is 3.26. The molecule has 2 aromatic heterocycles. The average Bonchev–Trinajstić information content (AvgIpc) is 3.23. The number of fused-ring (bicyclic) bond motifs is 1. The van der Waals surface area contributed by atoms with Crippen LogP contribution in [0, 0.1) is 6.92 Å². The first-order valence-electron chi connectivity index (χ1n) is 8.03. The van der Waals surface area contributed by atoms with Crippen LogP contribution in [-0.4, -0.2) is 32.5 Å². The van der Waals surface area contributed by atoms with Crippen LogP contribution in [0.4, 0.5) is 0 Å². The smallest absolute Gasteiger partial charge is 0.314 e. The minimum absolute atomic E-state index is 0.140. The molecule has 25 heavy (non-hydrogen) atoms. The maximum Gasteiger partial charge on any atom is 0.314 e. The van der Waals surface area contributed by atoms with E-state index in [1.165, 1.54) is 0 Å². The van der Waals surface area contributed by atoms with E-state index in [0.29, 0.717) is 28.9 Å². The topological polar surface area (TPSA) is 112 Å². The predicted molar refractivity (Wildman–Crippen MR) is 89.4 cm³/mol. The van der Waals surface area contributed by atoms with E-state index in [1.54, 1.807) is 23.1 Å². The van der Waals surface area contributed by atoms with Gasteiger partial charge in [-0.1, -0.05) is 5.16 Å². The fraction of sp³-hybridized carbons (Fsp3) is 0.294. The van der Waals surface area contributed by atoms with Crippen molar-refractivity contribution in [3.05, 3.63) is 62.0 Å². The lowest BCUT2D eigenvalue weighted by molar-refractivity contribution is 0.0714. The molecule has 1 saturated heterocycles. The minimum Gasteiger partial charge on any atom is -0.359 e. The van der Waals surface area contributed by atoms with Crippen LogP contribution in [0.15, 0.2) is 38.4 Å². The quantitative estimate of drug-likeness (QED) is 0.686. The van der Waals surface area contributed by atoms with E-state index in [4.69, 9.17) is 4.52 Å². The molecule has 8 nitrogen and oxygen atoms in total. The number of benzene rings is 1. The largest absolute Gasteiger partial charge is 0.359 e. The van der Waals surface area contributed by atoms with Gasteiger partial charge in [-0.25, -0.2) is 0 Å². The Hall–Kier alpha value is -3.16. The Bertz CT molecular complexity index is 1080. The molecule has 1 aromatic carbocycles. The molecule has 4 rings (SSSR count). The minimum atomic E-state index is -0.742. The van der Waals surface area contributed by atoms with Gasteiger partial charge in [-0.05, 0) is 38.0 Å². The molecule has 1 aliphatic heterocycles. The van der Waals surface area contributed by atoms with Gasteiger partial charge in [0.05, 0.1) is 22.8 Å². The third kappa shape index (κ3) is 2.65. The van der Waals surface area contributed by atoms with Gasteiger partial charge in [-0.3, -0.25) is 14.4 Å². The molecule has 1 fully saturated rings. The molecule has 0 unspecified atom stereocenters. The van der Waals surface area contributed by atoms with E-state index < -0.39 is 11.1 Å². The molecule has 128 valence electrons. The van der Waals surface area contributed by atoms with Gasteiger partial charge in [0.25, 0.3) is 5.91 Å². The number of hydrogen-bond acceptors (Lipinski definition) is 5. The first kappa shape index (κ1) is 15.4. The van der Waals surface area contributed by atoms with Crippen LogP contribution in [0.2, 0.25) is 0 Å². The van der Waals surface area contributed by atoms with Gasteiger partial charge in [-0.15, -0.1) is 0 Å². The molecule has 2 N–H and O–H groups in total. The van der Waals surface area contributed by atoms with Crippen molar-refractivity contribution in [2.75, 3.05) is 6.54 Å². The first-order chi connectivity index (χ1) is 12.0. The second-order valence-corrected chi connectivity index (χ2v) is 6.20. The van der Waals surface area contributed by atoms with Gasteiger partial charge in [0, 0.05) is 18.2 Å². The third-order valence-corrected chi connectivity index (χ3v) is 4.46. The number of carbonyl (C=O) groups excluding carboxylic acids is 1. The molecule has 3 heterocycles. The number of aromatic nitrogens is 3. The number of rotatable bonds is 2. The lowest BCUT2D eigenvalue weighted by atomic mass is 10.1. The summed E-state index contributed by atoms with van der Waals surface area (Å²) in [7, 11) is 0. The molecule has 3 aromatic rings. The lowest BCUT2D eigenvalue weighted by Crippen LogP contribution is -2.31. The van der Waals surface area contributed by atoms with Crippen LogP contribution in [0.5, 0.6) is 0 Å². The maximum absolute atomic E-state index is 12.9. The van der Waals surface area contributed by atoms with Crippen LogP contribution < -0.4 is 11.1 Å². The number of hydrogen-bond donors (Lipinski definition) is 2. The number of nitrogens with one attached hydrogen (secondary N) is 2. The summed E-state index contributed by atoms with van der Waals surface area (Å²) >= 11 is 0. The monoisotopic (exact) mass is 340 g/mol. The fourth-order valence-electron chi connectivity index (χ4n) is 3.26. The maximum atomic E-state index is 12.9. The highest BCUT2D eigenvalue weighted by Gasteiger charge is 2.33. The lowest BCUT2D eigenvalue weighted by Gasteiger charge is -2.22. The van der Waals surface area contributed by atoms with Crippen molar-refractivity contribution < 1.29 is 9.32 Å². The van der Waals surface area contributed by atoms with Crippen molar-refractivity contribution >= 4 is 16.9 Å². The highest BCUT2D eigenvalue weighted by Crippen LogP contribution is 2.33. The summed E-state index contributed by atoms with van der Waals surface area (Å²) in [6.07, 6.45) is 1.70. The number of aromatic amines is 2. The molecule has 0 radical (unpaired) electrons. The normalized spacial score (nSPS) is 17.3. The van der Waals surface area contributed by atoms with Crippen LogP contribution in [0.1, 0.15) is 40.7 Å². The summed E-state index contributed by atoms with van der Waals surface area (Å²) < 4.78 is 5.33. The van der Waals surface area contributed by atoms with Crippen molar-refractivity contribution in [1.82, 2.24) is 20.0 Å². The molecular weight excluding hydrogens is 324 g/mol. The molecule has 0 spiro atoms. The highest BCUT2D eigenvalue weighted by molar-refractivity contribution is 5.97. The molecule has 1 amide bonds. The van der Waals surface area contributed by atoms with E-state index >= 15 is 0 Å². The summed E-state index contributed by atoms with van der Waals surface area (Å²) in [5.74, 6) is 0.535. The number of amides is 1. The molecular formula is C17H16N4O4. The zero-order valence-corrected chi connectivity index (χ0v) is 13.5. The molecule has 0 bridgehead atoms. The SMILES string of the molecule is Cc1cc([C@@H]2CCCN2C(=O)c2ccc3[nH]c(=O)c(=O)[nH]c3c2)on1. The average molecular weight is 340 g/mol. The van der Waals surface area contributed by atoms with Crippen molar-refractivity contribution in [1.29, 1.82) is 0 Å². The van der Waals surface area contributed by atoms with Gasteiger partial charge in [0.15, 0.2) is 5.76 Å².